The minimum Gasteiger partial charge on any atom is -0.548 e. The van der Waals surface area contributed by atoms with E-state index in [1.54, 1.807) is 25.6 Å². The van der Waals surface area contributed by atoms with Crippen LogP contribution in [0.3, 0.4) is 0 Å². The zero-order valence-electron chi connectivity index (χ0n) is 18.1. The number of aromatic nitrogens is 1. The molecule has 8 atom stereocenters. The van der Waals surface area contributed by atoms with E-state index in [1.165, 1.54) is 11.3 Å². The third-order valence-electron chi connectivity index (χ3n) is 8.07. The fourth-order valence-electron chi connectivity index (χ4n) is 7.02. The number of hydrogen-bond donors (Lipinski definition) is 1. The Kier molecular flexibility index (Phi) is 4.68. The number of H-pyrrole nitrogens is 1. The summed E-state index contributed by atoms with van der Waals surface area (Å²) in [4.78, 5) is 56.0. The van der Waals surface area contributed by atoms with E-state index in [0.717, 1.165) is 26.8 Å². The highest BCUT2D eigenvalue weighted by Gasteiger charge is 2.70. The Hall–Kier alpha value is -2.39. The van der Waals surface area contributed by atoms with E-state index >= 15 is 0 Å². The molecule has 7 nitrogen and oxygen atoms in total. The molecule has 1 aromatic carbocycles. The molecule has 9 heteroatoms. The number of thioether (sulfide) groups is 1. The molecule has 1 N–H and O–H groups in total. The summed E-state index contributed by atoms with van der Waals surface area (Å²) < 4.78 is 0. The number of amides is 2. The number of carboxylic acids is 1. The van der Waals surface area contributed by atoms with Gasteiger partial charge in [-0.2, -0.15) is 0 Å². The normalized spacial score (nSPS) is 35.0. The minimum atomic E-state index is -1.38. The summed E-state index contributed by atoms with van der Waals surface area (Å²) in [7, 11) is 0. The van der Waals surface area contributed by atoms with Crippen molar-refractivity contribution in [1.82, 2.24) is 9.88 Å². The summed E-state index contributed by atoms with van der Waals surface area (Å²) in [6.45, 7) is 3.39. The predicted molar refractivity (Wildman–Crippen MR) is 120 cm³/mol. The van der Waals surface area contributed by atoms with Crippen molar-refractivity contribution in [3.8, 4) is 0 Å². The van der Waals surface area contributed by atoms with Gasteiger partial charge in [-0.25, -0.2) is 0 Å². The molecule has 8 unspecified atom stereocenters. The number of hydrogen-bond acceptors (Lipinski definition) is 7. The Labute approximate surface area is 198 Å². The minimum absolute atomic E-state index is 0.0196. The average molecular weight is 484 g/mol. The van der Waals surface area contributed by atoms with Gasteiger partial charge in [-0.05, 0) is 35.7 Å². The van der Waals surface area contributed by atoms with Crippen LogP contribution in [0.1, 0.15) is 36.6 Å². The predicted octanol–water partition coefficient (Wildman–Crippen LogP) is 1.68. The molecule has 2 aliphatic heterocycles. The number of fused-ring (bicyclic) bond motifs is 9. The van der Waals surface area contributed by atoms with Gasteiger partial charge in [0, 0.05) is 16.0 Å². The van der Waals surface area contributed by atoms with E-state index in [4.69, 9.17) is 0 Å². The SMILES string of the molecule is CC(C)C(C(=O)[O-])N1C(=O)C2C3CC(C2C1=O)C1C(c2ccccc2)c2sc(=O)[nH]c2SC31. The Balaban J connectivity index is 1.44. The zero-order valence-corrected chi connectivity index (χ0v) is 19.7. The molecule has 4 aliphatic rings. The number of aliphatic carboxylic acids is 1. The van der Waals surface area contributed by atoms with Crippen LogP contribution in [0.2, 0.25) is 0 Å². The average Bonchev–Trinajstić information content (AvgIpc) is 3.49. The molecule has 0 spiro atoms. The molecular formula is C24H23N2O5S2-. The standard InChI is InChI=1S/C24H24N2O5S2/c1-9(2)17(23(29)30)26-21(27)15-11-8-12(16(15)22(26)28)18-14(11)13(10-6-4-3-5-7-10)19-20(32-18)25-24(31)33-19/h3-7,9,11-18H,8H2,1-2H3,(H,25,31)(H,29,30)/p-1. The van der Waals surface area contributed by atoms with Crippen LogP contribution in [-0.2, 0) is 14.4 Å². The largest absolute Gasteiger partial charge is 0.548 e. The van der Waals surface area contributed by atoms with E-state index in [2.05, 4.69) is 17.1 Å². The van der Waals surface area contributed by atoms with Crippen molar-refractivity contribution >= 4 is 40.9 Å². The molecule has 1 aromatic heterocycles. The van der Waals surface area contributed by atoms with Gasteiger partial charge in [0.2, 0.25) is 11.8 Å². The first-order valence-corrected chi connectivity index (χ1v) is 13.0. The topological polar surface area (TPSA) is 110 Å². The van der Waals surface area contributed by atoms with Crippen molar-refractivity contribution in [3.63, 3.8) is 0 Å². The van der Waals surface area contributed by atoms with Gasteiger partial charge in [0.25, 0.3) is 0 Å². The fourth-order valence-corrected chi connectivity index (χ4v) is 9.91. The van der Waals surface area contributed by atoms with Crippen LogP contribution in [0.5, 0.6) is 0 Å². The number of imide groups is 1. The van der Waals surface area contributed by atoms with E-state index in [1.807, 2.05) is 18.2 Å². The quantitative estimate of drug-likeness (QED) is 0.663. The van der Waals surface area contributed by atoms with E-state index in [0.29, 0.717) is 0 Å². The Morgan fingerprint density at radius 1 is 1.09 bits per heavy atom. The number of carboxylic acid groups (broad SMARTS) is 1. The summed E-state index contributed by atoms with van der Waals surface area (Å²) >= 11 is 2.86. The van der Waals surface area contributed by atoms with Crippen molar-refractivity contribution in [2.45, 2.75) is 42.5 Å². The monoisotopic (exact) mass is 483 g/mol. The molecular weight excluding hydrogens is 460 g/mol. The molecule has 3 heterocycles. The molecule has 1 saturated heterocycles. The van der Waals surface area contributed by atoms with Gasteiger partial charge in [-0.15, -0.1) is 11.8 Å². The van der Waals surface area contributed by atoms with Crippen molar-refractivity contribution in [2.75, 3.05) is 0 Å². The molecule has 33 heavy (non-hydrogen) atoms. The Morgan fingerprint density at radius 3 is 2.39 bits per heavy atom. The van der Waals surface area contributed by atoms with Crippen LogP contribution >= 0.6 is 23.1 Å². The maximum Gasteiger partial charge on any atom is 0.305 e. The Morgan fingerprint density at radius 2 is 1.76 bits per heavy atom. The van der Waals surface area contributed by atoms with E-state index in [-0.39, 0.29) is 45.6 Å². The molecule has 0 radical (unpaired) electrons. The van der Waals surface area contributed by atoms with Gasteiger partial charge in [-0.1, -0.05) is 55.5 Å². The molecule has 3 fully saturated rings. The zero-order chi connectivity index (χ0) is 23.2. The fraction of sp³-hybridized carbons (Fsp3) is 0.500. The lowest BCUT2D eigenvalue weighted by molar-refractivity contribution is -0.312. The van der Waals surface area contributed by atoms with Crippen LogP contribution in [0.25, 0.3) is 0 Å². The van der Waals surface area contributed by atoms with Crippen molar-refractivity contribution in [1.29, 1.82) is 0 Å². The van der Waals surface area contributed by atoms with Crippen LogP contribution in [0.4, 0.5) is 0 Å². The Bertz CT molecular complexity index is 1220. The summed E-state index contributed by atoms with van der Waals surface area (Å²) in [6.07, 6.45) is 0.781. The number of nitrogens with zero attached hydrogens (tertiary/aromatic N) is 1. The third kappa shape index (κ3) is 2.81. The van der Waals surface area contributed by atoms with Crippen LogP contribution in [0, 0.1) is 35.5 Å². The van der Waals surface area contributed by atoms with Gasteiger partial charge in [0.15, 0.2) is 0 Å². The second-order valence-electron chi connectivity index (χ2n) is 9.93. The first-order chi connectivity index (χ1) is 15.8. The summed E-state index contributed by atoms with van der Waals surface area (Å²) in [5, 5.41) is 12.8. The highest BCUT2D eigenvalue weighted by molar-refractivity contribution is 8.00. The molecule has 2 saturated carbocycles. The smallest absolute Gasteiger partial charge is 0.305 e. The molecule has 2 aromatic rings. The van der Waals surface area contributed by atoms with Crippen LogP contribution in [0.15, 0.2) is 40.2 Å². The lowest BCUT2D eigenvalue weighted by Gasteiger charge is -2.43. The number of nitrogens with one attached hydrogen (secondary N) is 1. The lowest BCUT2D eigenvalue weighted by Crippen LogP contribution is -2.54. The number of aromatic amines is 1. The number of carbonyl (C=O) groups is 3. The highest BCUT2D eigenvalue weighted by Crippen LogP contribution is 2.68. The second-order valence-corrected chi connectivity index (χ2v) is 12.1. The van der Waals surface area contributed by atoms with Crippen molar-refractivity contribution in [3.05, 3.63) is 50.4 Å². The number of carbonyl (C=O) groups excluding carboxylic acids is 3. The van der Waals surface area contributed by atoms with Gasteiger partial charge < -0.3 is 14.9 Å². The molecule has 6 rings (SSSR count). The summed E-state index contributed by atoms with van der Waals surface area (Å²) in [5.41, 5.74) is 1.11. The van der Waals surface area contributed by atoms with Crippen LogP contribution < -0.4 is 9.98 Å². The maximum absolute atomic E-state index is 13.6. The van der Waals surface area contributed by atoms with Gasteiger partial charge >= 0.3 is 4.87 Å². The maximum atomic E-state index is 13.6. The van der Waals surface area contributed by atoms with E-state index < -0.39 is 29.8 Å². The van der Waals surface area contributed by atoms with Gasteiger partial charge in [0.1, 0.15) is 0 Å². The first kappa shape index (κ1) is 21.2. The number of thiazole rings is 1. The number of likely N-dealkylation sites (tertiary alicyclic amines) is 1. The summed E-state index contributed by atoms with van der Waals surface area (Å²) in [5.74, 6) is -3.46. The molecule has 172 valence electrons. The molecule has 2 amide bonds. The highest BCUT2D eigenvalue weighted by atomic mass is 32.2. The lowest BCUT2D eigenvalue weighted by atomic mass is 9.68. The van der Waals surface area contributed by atoms with E-state index in [9.17, 15) is 24.3 Å². The summed E-state index contributed by atoms with van der Waals surface area (Å²) in [6, 6.07) is 8.81. The first-order valence-electron chi connectivity index (χ1n) is 11.3. The van der Waals surface area contributed by atoms with Crippen molar-refractivity contribution in [2.24, 2.45) is 35.5 Å². The van der Waals surface area contributed by atoms with Crippen LogP contribution in [-0.4, -0.2) is 39.0 Å². The number of rotatable bonds is 4. The van der Waals surface area contributed by atoms with Gasteiger partial charge in [-0.3, -0.25) is 19.3 Å². The molecule has 2 bridgehead atoms. The third-order valence-corrected chi connectivity index (χ3v) is 10.7. The molecule has 2 aliphatic carbocycles. The van der Waals surface area contributed by atoms with Crippen molar-refractivity contribution < 1.29 is 19.5 Å². The second kappa shape index (κ2) is 7.30. The number of benzene rings is 1. The van der Waals surface area contributed by atoms with Gasteiger partial charge in [0.05, 0.1) is 28.9 Å².